The second kappa shape index (κ2) is 4.89. The topological polar surface area (TPSA) is 0 Å². The van der Waals surface area contributed by atoms with E-state index >= 15 is 0 Å². The molecule has 0 heterocycles. The molecule has 0 aromatic rings. The Morgan fingerprint density at radius 1 is 1.62 bits per heavy atom. The highest BCUT2D eigenvalue weighted by molar-refractivity contribution is 4.86. The summed E-state index contributed by atoms with van der Waals surface area (Å²) >= 11 is 0. The van der Waals surface area contributed by atoms with Crippen LogP contribution in [0.15, 0.2) is 12.2 Å². The van der Waals surface area contributed by atoms with Crippen LogP contribution in [-0.4, -0.2) is 0 Å². The summed E-state index contributed by atoms with van der Waals surface area (Å²) in [6.45, 7) is 8.09. The fourth-order valence-electron chi connectivity index (χ4n) is 0.495. The van der Waals surface area contributed by atoms with Crippen molar-refractivity contribution in [1.82, 2.24) is 0 Å². The fraction of sp³-hybridized carbons (Fsp3) is 0.625. The lowest BCUT2D eigenvalue weighted by Gasteiger charge is -1.90. The summed E-state index contributed by atoms with van der Waals surface area (Å²) in [5, 5.41) is 0. The first-order valence-corrected chi connectivity index (χ1v) is 3.27. The zero-order chi connectivity index (χ0) is 6.41. The first kappa shape index (κ1) is 7.74. The summed E-state index contributed by atoms with van der Waals surface area (Å²) in [5.41, 5.74) is 0. The first-order chi connectivity index (χ1) is 3.77. The van der Waals surface area contributed by atoms with E-state index in [1.807, 2.05) is 0 Å². The minimum atomic E-state index is 0.474. The Labute approximate surface area is 52.6 Å². The SMILES string of the molecule is [CH2]C(C)C=CCCC. The fourth-order valence-corrected chi connectivity index (χ4v) is 0.495. The molecule has 0 heteroatoms. The van der Waals surface area contributed by atoms with Crippen molar-refractivity contribution in [3.63, 3.8) is 0 Å². The minimum absolute atomic E-state index is 0.474. The Kier molecular flexibility index (Phi) is 4.73. The van der Waals surface area contributed by atoms with Crippen molar-refractivity contribution in [3.8, 4) is 0 Å². The van der Waals surface area contributed by atoms with Gasteiger partial charge in [0.2, 0.25) is 0 Å². The molecule has 0 nitrogen and oxygen atoms in total. The summed E-state index contributed by atoms with van der Waals surface area (Å²) < 4.78 is 0. The number of hydrogen-bond donors (Lipinski definition) is 0. The predicted octanol–water partition coefficient (Wildman–Crippen LogP) is 2.81. The van der Waals surface area contributed by atoms with E-state index in [-0.39, 0.29) is 0 Å². The summed E-state index contributed by atoms with van der Waals surface area (Å²) in [4.78, 5) is 0. The van der Waals surface area contributed by atoms with Crippen LogP contribution in [0, 0.1) is 12.8 Å². The molecule has 0 rings (SSSR count). The van der Waals surface area contributed by atoms with E-state index in [1.54, 1.807) is 0 Å². The molecule has 0 N–H and O–H groups in total. The van der Waals surface area contributed by atoms with Gasteiger partial charge >= 0.3 is 0 Å². The summed E-state index contributed by atoms with van der Waals surface area (Å²) in [6, 6.07) is 0. The summed E-state index contributed by atoms with van der Waals surface area (Å²) in [5.74, 6) is 0.474. The molecule has 1 unspecified atom stereocenters. The molecule has 0 aliphatic carbocycles. The van der Waals surface area contributed by atoms with Crippen molar-refractivity contribution in [3.05, 3.63) is 19.1 Å². The Morgan fingerprint density at radius 2 is 2.25 bits per heavy atom. The lowest BCUT2D eigenvalue weighted by atomic mass is 10.2. The van der Waals surface area contributed by atoms with Crippen molar-refractivity contribution >= 4 is 0 Å². The van der Waals surface area contributed by atoms with Crippen LogP contribution >= 0.6 is 0 Å². The van der Waals surface area contributed by atoms with Gasteiger partial charge in [0.05, 0.1) is 0 Å². The van der Waals surface area contributed by atoms with Crippen molar-refractivity contribution in [1.29, 1.82) is 0 Å². The van der Waals surface area contributed by atoms with Crippen molar-refractivity contribution in [2.24, 2.45) is 5.92 Å². The highest BCUT2D eigenvalue weighted by atomic mass is 13.9. The summed E-state index contributed by atoms with van der Waals surface area (Å²) in [6.07, 6.45) is 6.77. The molecule has 1 radical (unpaired) electrons. The zero-order valence-electron chi connectivity index (χ0n) is 5.85. The van der Waals surface area contributed by atoms with Gasteiger partial charge in [-0.15, -0.1) is 0 Å². The Hall–Kier alpha value is -0.260. The van der Waals surface area contributed by atoms with Gasteiger partial charge in [0, 0.05) is 0 Å². The standard InChI is InChI=1S/C8H15/c1-4-5-6-7-8(2)3/h6-8H,2,4-5H2,1,3H3. The van der Waals surface area contributed by atoms with Gasteiger partial charge < -0.3 is 0 Å². The third kappa shape index (κ3) is 5.74. The molecule has 1 atom stereocenters. The largest absolute Gasteiger partial charge is 0.0883 e. The van der Waals surface area contributed by atoms with E-state index in [4.69, 9.17) is 0 Å². The normalized spacial score (nSPS) is 11.5. The Morgan fingerprint density at radius 3 is 2.62 bits per heavy atom. The molecule has 0 saturated heterocycles. The second-order valence-electron chi connectivity index (χ2n) is 2.19. The Balaban J connectivity index is 3.07. The number of rotatable bonds is 3. The Bertz CT molecular complexity index is 60.4. The van der Waals surface area contributed by atoms with E-state index in [9.17, 15) is 0 Å². The molecule has 0 aromatic carbocycles. The number of hydrogen-bond acceptors (Lipinski definition) is 0. The van der Waals surface area contributed by atoms with Crippen molar-refractivity contribution in [2.75, 3.05) is 0 Å². The van der Waals surface area contributed by atoms with Gasteiger partial charge in [-0.1, -0.05) is 32.4 Å². The predicted molar refractivity (Wildman–Crippen MR) is 38.6 cm³/mol. The summed E-state index contributed by atoms with van der Waals surface area (Å²) in [7, 11) is 0. The minimum Gasteiger partial charge on any atom is -0.0883 e. The van der Waals surface area contributed by atoms with Gasteiger partial charge in [-0.2, -0.15) is 0 Å². The van der Waals surface area contributed by atoms with Crippen LogP contribution in [0.2, 0.25) is 0 Å². The van der Waals surface area contributed by atoms with Crippen LogP contribution < -0.4 is 0 Å². The van der Waals surface area contributed by atoms with Crippen LogP contribution in [0.1, 0.15) is 26.7 Å². The third-order valence-electron chi connectivity index (χ3n) is 0.920. The van der Waals surface area contributed by atoms with Crippen LogP contribution in [0.3, 0.4) is 0 Å². The lowest BCUT2D eigenvalue weighted by Crippen LogP contribution is -1.76. The smallest absolute Gasteiger partial charge is 0.0262 e. The molecule has 0 aromatic heterocycles. The molecular formula is C8H15. The molecule has 0 fully saturated rings. The zero-order valence-corrected chi connectivity index (χ0v) is 5.85. The van der Waals surface area contributed by atoms with Gasteiger partial charge in [0.15, 0.2) is 0 Å². The number of unbranched alkanes of at least 4 members (excludes halogenated alkanes) is 1. The lowest BCUT2D eigenvalue weighted by molar-refractivity contribution is 0.899. The van der Waals surface area contributed by atoms with E-state index in [1.165, 1.54) is 12.8 Å². The van der Waals surface area contributed by atoms with Gasteiger partial charge in [-0.3, -0.25) is 0 Å². The molecule has 0 aliphatic heterocycles. The number of allylic oxidation sites excluding steroid dienone is 2. The molecule has 0 spiro atoms. The van der Waals surface area contributed by atoms with Crippen molar-refractivity contribution < 1.29 is 0 Å². The third-order valence-corrected chi connectivity index (χ3v) is 0.920. The molecule has 0 bridgehead atoms. The molecular weight excluding hydrogens is 96.1 g/mol. The quantitative estimate of drug-likeness (QED) is 0.491. The van der Waals surface area contributed by atoms with E-state index < -0.39 is 0 Å². The molecule has 8 heavy (non-hydrogen) atoms. The highest BCUT2D eigenvalue weighted by Crippen LogP contribution is 1.95. The van der Waals surface area contributed by atoms with Gasteiger partial charge in [-0.05, 0) is 19.3 Å². The molecule has 0 aliphatic rings. The van der Waals surface area contributed by atoms with Crippen molar-refractivity contribution in [2.45, 2.75) is 26.7 Å². The van der Waals surface area contributed by atoms with Gasteiger partial charge in [0.1, 0.15) is 0 Å². The van der Waals surface area contributed by atoms with Crippen LogP contribution in [0.25, 0.3) is 0 Å². The van der Waals surface area contributed by atoms with E-state index in [0.29, 0.717) is 5.92 Å². The van der Waals surface area contributed by atoms with Gasteiger partial charge in [0.25, 0.3) is 0 Å². The second-order valence-corrected chi connectivity index (χ2v) is 2.19. The van der Waals surface area contributed by atoms with E-state index in [2.05, 4.69) is 32.9 Å². The van der Waals surface area contributed by atoms with Gasteiger partial charge in [-0.25, -0.2) is 0 Å². The highest BCUT2D eigenvalue weighted by Gasteiger charge is 1.80. The maximum Gasteiger partial charge on any atom is -0.0262 e. The monoisotopic (exact) mass is 111 g/mol. The molecule has 47 valence electrons. The maximum atomic E-state index is 3.82. The van der Waals surface area contributed by atoms with Crippen LogP contribution in [0.4, 0.5) is 0 Å². The van der Waals surface area contributed by atoms with Crippen LogP contribution in [0.5, 0.6) is 0 Å². The average molecular weight is 111 g/mol. The van der Waals surface area contributed by atoms with E-state index in [0.717, 1.165) is 0 Å². The maximum absolute atomic E-state index is 3.82. The molecule has 0 saturated carbocycles. The first-order valence-electron chi connectivity index (χ1n) is 3.27. The van der Waals surface area contributed by atoms with Crippen LogP contribution in [-0.2, 0) is 0 Å². The average Bonchev–Trinajstić information content (AvgIpc) is 1.66. The molecule has 0 amide bonds.